The maximum atomic E-state index is 12.7. The summed E-state index contributed by atoms with van der Waals surface area (Å²) in [5, 5.41) is 2.82. The highest BCUT2D eigenvalue weighted by molar-refractivity contribution is 5.96. The Morgan fingerprint density at radius 2 is 1.38 bits per heavy atom. The number of nitrogens with zero attached hydrogens (tertiary/aromatic N) is 1. The number of hydrogen-bond acceptors (Lipinski definition) is 3. The van der Waals surface area contributed by atoms with Crippen LogP contribution in [0, 0.1) is 0 Å². The van der Waals surface area contributed by atoms with E-state index >= 15 is 0 Å². The zero-order valence-electron chi connectivity index (χ0n) is 18.1. The molecule has 2 amide bonds. The Bertz CT molecular complexity index is 1020. The van der Waals surface area contributed by atoms with Gasteiger partial charge in [0.15, 0.2) is 6.61 Å². The zero-order valence-corrected chi connectivity index (χ0v) is 18.1. The van der Waals surface area contributed by atoms with E-state index in [0.29, 0.717) is 17.0 Å². The fraction of sp³-hybridized carbons (Fsp3) is 0.259. The molecule has 0 atom stereocenters. The lowest BCUT2D eigenvalue weighted by Crippen LogP contribution is -2.31. The van der Waals surface area contributed by atoms with Gasteiger partial charge < -0.3 is 15.0 Å². The SMILES string of the molecule is O=C(COc1ccc(-c2ccccc2)cc1)Nc1ccc(C(=O)N2CCCCCC2)cc1. The van der Waals surface area contributed by atoms with Gasteiger partial charge in [-0.05, 0) is 60.4 Å². The number of amides is 2. The van der Waals surface area contributed by atoms with E-state index in [2.05, 4.69) is 17.4 Å². The Labute approximate surface area is 189 Å². The molecule has 0 aliphatic carbocycles. The topological polar surface area (TPSA) is 58.6 Å². The smallest absolute Gasteiger partial charge is 0.262 e. The molecule has 0 saturated carbocycles. The Morgan fingerprint density at radius 3 is 2.03 bits per heavy atom. The Hall–Kier alpha value is -3.60. The van der Waals surface area contributed by atoms with Crippen LogP contribution < -0.4 is 10.1 Å². The monoisotopic (exact) mass is 428 g/mol. The summed E-state index contributed by atoms with van der Waals surface area (Å²) in [6, 6.07) is 24.8. The lowest BCUT2D eigenvalue weighted by Gasteiger charge is -2.20. The van der Waals surface area contributed by atoms with Crippen molar-refractivity contribution in [2.75, 3.05) is 25.0 Å². The number of rotatable bonds is 6. The van der Waals surface area contributed by atoms with Crippen LogP contribution in [0.5, 0.6) is 5.75 Å². The molecule has 1 aliphatic heterocycles. The van der Waals surface area contributed by atoms with E-state index in [4.69, 9.17) is 4.74 Å². The number of nitrogens with one attached hydrogen (secondary N) is 1. The van der Waals surface area contributed by atoms with Crippen molar-refractivity contribution in [1.82, 2.24) is 4.90 Å². The van der Waals surface area contributed by atoms with E-state index in [1.165, 1.54) is 12.8 Å². The summed E-state index contributed by atoms with van der Waals surface area (Å²) in [6.07, 6.45) is 4.51. The van der Waals surface area contributed by atoms with Crippen molar-refractivity contribution in [3.63, 3.8) is 0 Å². The summed E-state index contributed by atoms with van der Waals surface area (Å²) in [7, 11) is 0. The summed E-state index contributed by atoms with van der Waals surface area (Å²) < 4.78 is 5.61. The van der Waals surface area contributed by atoms with Gasteiger partial charge >= 0.3 is 0 Å². The number of carbonyl (C=O) groups is 2. The number of benzene rings is 3. The predicted octanol–water partition coefficient (Wildman–Crippen LogP) is 5.39. The van der Waals surface area contributed by atoms with Crippen LogP contribution in [0.15, 0.2) is 78.9 Å². The Kier molecular flexibility index (Phi) is 7.18. The van der Waals surface area contributed by atoms with Gasteiger partial charge in [-0.15, -0.1) is 0 Å². The second-order valence-electron chi connectivity index (χ2n) is 8.01. The number of hydrogen-bond donors (Lipinski definition) is 1. The highest BCUT2D eigenvalue weighted by Gasteiger charge is 2.17. The van der Waals surface area contributed by atoms with Gasteiger partial charge in [-0.25, -0.2) is 0 Å². The molecule has 0 aromatic heterocycles. The molecule has 5 nitrogen and oxygen atoms in total. The summed E-state index contributed by atoms with van der Waals surface area (Å²) in [5.74, 6) is 0.453. The third kappa shape index (κ3) is 5.76. The van der Waals surface area contributed by atoms with Gasteiger partial charge in [0.25, 0.3) is 11.8 Å². The van der Waals surface area contributed by atoms with Crippen LogP contribution in [0.2, 0.25) is 0 Å². The van der Waals surface area contributed by atoms with E-state index in [1.54, 1.807) is 24.3 Å². The molecule has 1 aliphatic rings. The van der Waals surface area contributed by atoms with Crippen molar-refractivity contribution in [3.8, 4) is 16.9 Å². The minimum Gasteiger partial charge on any atom is -0.484 e. The molecular weight excluding hydrogens is 400 g/mol. The van der Waals surface area contributed by atoms with Crippen LogP contribution in [0.4, 0.5) is 5.69 Å². The number of carbonyl (C=O) groups excluding carboxylic acids is 2. The molecule has 4 rings (SSSR count). The first-order chi connectivity index (χ1) is 15.7. The average molecular weight is 429 g/mol. The van der Waals surface area contributed by atoms with Gasteiger partial charge in [0.2, 0.25) is 0 Å². The predicted molar refractivity (Wildman–Crippen MR) is 127 cm³/mol. The molecule has 5 heteroatoms. The molecule has 0 radical (unpaired) electrons. The minimum absolute atomic E-state index is 0.0621. The van der Waals surface area contributed by atoms with E-state index < -0.39 is 0 Å². The fourth-order valence-corrected chi connectivity index (χ4v) is 3.87. The van der Waals surface area contributed by atoms with Crippen LogP contribution in [-0.4, -0.2) is 36.4 Å². The van der Waals surface area contributed by atoms with Crippen LogP contribution in [0.25, 0.3) is 11.1 Å². The van der Waals surface area contributed by atoms with Crippen LogP contribution >= 0.6 is 0 Å². The molecule has 1 saturated heterocycles. The molecule has 164 valence electrons. The first-order valence-corrected chi connectivity index (χ1v) is 11.2. The molecule has 3 aromatic rings. The van der Waals surface area contributed by atoms with Crippen molar-refractivity contribution in [2.45, 2.75) is 25.7 Å². The minimum atomic E-state index is -0.247. The Balaban J connectivity index is 1.27. The largest absolute Gasteiger partial charge is 0.484 e. The molecule has 0 unspecified atom stereocenters. The van der Waals surface area contributed by atoms with Gasteiger partial charge in [0.05, 0.1) is 0 Å². The second kappa shape index (κ2) is 10.6. The van der Waals surface area contributed by atoms with Crippen molar-refractivity contribution in [1.29, 1.82) is 0 Å². The molecule has 1 N–H and O–H groups in total. The normalized spacial score (nSPS) is 13.8. The van der Waals surface area contributed by atoms with Crippen molar-refractivity contribution >= 4 is 17.5 Å². The highest BCUT2D eigenvalue weighted by atomic mass is 16.5. The number of anilines is 1. The first kappa shape index (κ1) is 21.6. The first-order valence-electron chi connectivity index (χ1n) is 11.2. The molecule has 0 bridgehead atoms. The van der Waals surface area contributed by atoms with E-state index in [1.807, 2.05) is 47.4 Å². The molecule has 32 heavy (non-hydrogen) atoms. The number of ether oxygens (including phenoxy) is 1. The fourth-order valence-electron chi connectivity index (χ4n) is 3.87. The quantitative estimate of drug-likeness (QED) is 0.573. The third-order valence-electron chi connectivity index (χ3n) is 5.64. The van der Waals surface area contributed by atoms with E-state index in [9.17, 15) is 9.59 Å². The van der Waals surface area contributed by atoms with Gasteiger partial charge in [-0.2, -0.15) is 0 Å². The standard InChI is InChI=1S/C27H28N2O3/c30-26(20-32-25-16-12-22(13-17-25)21-8-4-3-5-9-21)28-24-14-10-23(11-15-24)27(31)29-18-6-1-2-7-19-29/h3-5,8-17H,1-2,6-7,18-20H2,(H,28,30). The lowest BCUT2D eigenvalue weighted by molar-refractivity contribution is -0.118. The Morgan fingerprint density at radius 1 is 0.750 bits per heavy atom. The maximum Gasteiger partial charge on any atom is 0.262 e. The lowest BCUT2D eigenvalue weighted by atomic mass is 10.1. The van der Waals surface area contributed by atoms with E-state index in [-0.39, 0.29) is 18.4 Å². The van der Waals surface area contributed by atoms with Crippen molar-refractivity contribution < 1.29 is 14.3 Å². The summed E-state index contributed by atoms with van der Waals surface area (Å²) in [6.45, 7) is 1.56. The van der Waals surface area contributed by atoms with Gasteiger partial charge in [-0.3, -0.25) is 9.59 Å². The summed E-state index contributed by atoms with van der Waals surface area (Å²) in [5.41, 5.74) is 3.52. The average Bonchev–Trinajstić information content (AvgIpc) is 3.13. The highest BCUT2D eigenvalue weighted by Crippen LogP contribution is 2.22. The molecule has 1 fully saturated rings. The van der Waals surface area contributed by atoms with Crippen LogP contribution in [-0.2, 0) is 4.79 Å². The van der Waals surface area contributed by atoms with Gasteiger partial charge in [0, 0.05) is 24.3 Å². The molecule has 3 aromatic carbocycles. The third-order valence-corrected chi connectivity index (χ3v) is 5.64. The van der Waals surface area contributed by atoms with Crippen molar-refractivity contribution in [2.24, 2.45) is 0 Å². The molecule has 1 heterocycles. The van der Waals surface area contributed by atoms with Crippen LogP contribution in [0.3, 0.4) is 0 Å². The number of likely N-dealkylation sites (tertiary alicyclic amines) is 1. The van der Waals surface area contributed by atoms with Gasteiger partial charge in [-0.1, -0.05) is 55.3 Å². The maximum absolute atomic E-state index is 12.7. The van der Waals surface area contributed by atoms with Gasteiger partial charge in [0.1, 0.15) is 5.75 Å². The molecular formula is C27H28N2O3. The van der Waals surface area contributed by atoms with Crippen molar-refractivity contribution in [3.05, 3.63) is 84.4 Å². The second-order valence-corrected chi connectivity index (χ2v) is 8.01. The molecule has 0 spiro atoms. The van der Waals surface area contributed by atoms with Crippen LogP contribution in [0.1, 0.15) is 36.0 Å². The summed E-state index contributed by atoms with van der Waals surface area (Å²) >= 11 is 0. The summed E-state index contributed by atoms with van der Waals surface area (Å²) in [4.78, 5) is 26.9. The zero-order chi connectivity index (χ0) is 22.2. The van der Waals surface area contributed by atoms with E-state index in [0.717, 1.165) is 37.1 Å².